The Morgan fingerprint density at radius 3 is 2.79 bits per heavy atom. The highest BCUT2D eigenvalue weighted by atomic mass is 32.1. The summed E-state index contributed by atoms with van der Waals surface area (Å²) >= 11 is 1.76. The molecule has 2 heterocycles. The molecule has 1 aromatic carbocycles. The molecule has 1 aromatic heterocycles. The maximum absolute atomic E-state index is 12.7. The number of fused-ring (bicyclic) bond motifs is 3. The molecule has 0 saturated carbocycles. The van der Waals surface area contributed by atoms with E-state index in [9.17, 15) is 4.79 Å². The van der Waals surface area contributed by atoms with Gasteiger partial charge in [0.25, 0.3) is 5.91 Å². The van der Waals surface area contributed by atoms with Gasteiger partial charge in [-0.1, -0.05) is 19.1 Å². The van der Waals surface area contributed by atoms with Gasteiger partial charge in [0.1, 0.15) is 16.9 Å². The van der Waals surface area contributed by atoms with E-state index in [0.29, 0.717) is 12.5 Å². The maximum atomic E-state index is 12.7. The van der Waals surface area contributed by atoms with E-state index in [1.807, 2.05) is 31.2 Å². The van der Waals surface area contributed by atoms with Crippen LogP contribution < -0.4 is 15.4 Å². The van der Waals surface area contributed by atoms with Crippen LogP contribution in [0.15, 0.2) is 24.3 Å². The third-order valence-electron chi connectivity index (χ3n) is 4.81. The van der Waals surface area contributed by atoms with Gasteiger partial charge < -0.3 is 15.4 Å². The molecule has 1 amide bonds. The van der Waals surface area contributed by atoms with Gasteiger partial charge in [-0.15, -0.1) is 11.3 Å². The Labute approximate surface area is 146 Å². The van der Waals surface area contributed by atoms with Gasteiger partial charge in [0.2, 0.25) is 0 Å². The molecular formula is C19H22N2O2S. The van der Waals surface area contributed by atoms with Crippen LogP contribution >= 0.6 is 11.3 Å². The molecule has 2 aromatic rings. The molecule has 0 saturated heterocycles. The predicted molar refractivity (Wildman–Crippen MR) is 96.9 cm³/mol. The molecule has 1 aliphatic carbocycles. The Morgan fingerprint density at radius 1 is 1.25 bits per heavy atom. The van der Waals surface area contributed by atoms with E-state index in [-0.39, 0.29) is 12.1 Å². The fourth-order valence-corrected chi connectivity index (χ4v) is 4.99. The molecule has 24 heavy (non-hydrogen) atoms. The van der Waals surface area contributed by atoms with E-state index < -0.39 is 0 Å². The van der Waals surface area contributed by atoms with E-state index >= 15 is 0 Å². The molecule has 0 fully saturated rings. The Kier molecular flexibility index (Phi) is 3.96. The Balaban J connectivity index is 1.61. The van der Waals surface area contributed by atoms with E-state index in [1.165, 1.54) is 16.9 Å². The molecule has 2 atom stereocenters. The summed E-state index contributed by atoms with van der Waals surface area (Å²) in [5.41, 5.74) is 3.18. The second kappa shape index (κ2) is 6.13. The van der Waals surface area contributed by atoms with Crippen molar-refractivity contribution in [3.05, 3.63) is 45.8 Å². The van der Waals surface area contributed by atoms with Crippen LogP contribution in [0.1, 0.15) is 52.8 Å². The van der Waals surface area contributed by atoms with Crippen molar-refractivity contribution in [2.75, 3.05) is 11.9 Å². The number of thiophene rings is 1. The number of ether oxygens (including phenoxy) is 1. The summed E-state index contributed by atoms with van der Waals surface area (Å²) in [6.07, 6.45) is 3.10. The van der Waals surface area contributed by atoms with Crippen molar-refractivity contribution in [1.82, 2.24) is 5.32 Å². The van der Waals surface area contributed by atoms with Crippen molar-refractivity contribution < 1.29 is 9.53 Å². The molecular weight excluding hydrogens is 320 g/mol. The molecule has 126 valence electrons. The van der Waals surface area contributed by atoms with Crippen molar-refractivity contribution >= 4 is 22.2 Å². The van der Waals surface area contributed by atoms with Crippen LogP contribution in [0, 0.1) is 5.92 Å². The molecule has 2 aliphatic rings. The summed E-state index contributed by atoms with van der Waals surface area (Å²) in [6.45, 7) is 4.91. The summed E-state index contributed by atoms with van der Waals surface area (Å²) in [5, 5.41) is 7.64. The van der Waals surface area contributed by atoms with Gasteiger partial charge in [-0.2, -0.15) is 0 Å². The van der Waals surface area contributed by atoms with Crippen molar-refractivity contribution in [2.45, 2.75) is 39.3 Å². The molecule has 4 nitrogen and oxygen atoms in total. The number of carbonyl (C=O) groups is 1. The van der Waals surface area contributed by atoms with Crippen molar-refractivity contribution in [1.29, 1.82) is 0 Å². The predicted octanol–water partition coefficient (Wildman–Crippen LogP) is 4.13. The van der Waals surface area contributed by atoms with Crippen LogP contribution in [0.2, 0.25) is 0 Å². The van der Waals surface area contributed by atoms with Gasteiger partial charge in [0.15, 0.2) is 0 Å². The fraction of sp³-hybridized carbons (Fsp3) is 0.421. The van der Waals surface area contributed by atoms with Gasteiger partial charge in [-0.3, -0.25) is 4.79 Å². The molecule has 2 unspecified atom stereocenters. The fourth-order valence-electron chi connectivity index (χ4n) is 3.55. The third kappa shape index (κ3) is 2.67. The lowest BCUT2D eigenvalue weighted by atomic mass is 9.88. The highest BCUT2D eigenvalue weighted by molar-refractivity contribution is 7.16. The minimum absolute atomic E-state index is 0.0506. The number of hydrogen-bond acceptors (Lipinski definition) is 4. The average Bonchev–Trinajstić information content (AvgIpc) is 2.93. The number of amides is 1. The summed E-state index contributed by atoms with van der Waals surface area (Å²) < 4.78 is 5.48. The van der Waals surface area contributed by atoms with Crippen molar-refractivity contribution in [3.8, 4) is 5.75 Å². The lowest BCUT2D eigenvalue weighted by molar-refractivity contribution is 0.0935. The van der Waals surface area contributed by atoms with Gasteiger partial charge in [-0.25, -0.2) is 0 Å². The second-order valence-corrected chi connectivity index (χ2v) is 7.71. The first-order valence-corrected chi connectivity index (χ1v) is 9.42. The maximum Gasteiger partial charge on any atom is 0.256 e. The summed E-state index contributed by atoms with van der Waals surface area (Å²) in [5.74, 6) is 1.61. The molecule has 1 aliphatic heterocycles. The summed E-state index contributed by atoms with van der Waals surface area (Å²) in [7, 11) is 0. The smallest absolute Gasteiger partial charge is 0.256 e. The SMILES string of the molecule is CCOc1ccc(C2NC(=O)c3c(sc4c3CCC(C)C4)N2)cc1. The van der Waals surface area contributed by atoms with E-state index in [0.717, 1.165) is 34.7 Å². The molecule has 2 N–H and O–H groups in total. The van der Waals surface area contributed by atoms with E-state index in [1.54, 1.807) is 11.3 Å². The first kappa shape index (κ1) is 15.5. The highest BCUT2D eigenvalue weighted by Gasteiger charge is 2.32. The minimum atomic E-state index is -0.182. The van der Waals surface area contributed by atoms with Crippen LogP contribution in [0.3, 0.4) is 0 Å². The molecule has 0 bridgehead atoms. The van der Waals surface area contributed by atoms with Crippen LogP contribution in [0.5, 0.6) is 5.75 Å². The zero-order chi connectivity index (χ0) is 16.7. The Bertz CT molecular complexity index is 766. The summed E-state index contributed by atoms with van der Waals surface area (Å²) in [6, 6.07) is 7.90. The zero-order valence-electron chi connectivity index (χ0n) is 14.0. The van der Waals surface area contributed by atoms with Crippen LogP contribution in [-0.4, -0.2) is 12.5 Å². The molecule has 5 heteroatoms. The number of carbonyl (C=O) groups excluding carboxylic acids is 1. The standard InChI is InChI=1S/C19H22N2O2S/c1-3-23-13-7-5-12(6-8-13)17-20-18(22)16-14-9-4-11(2)10-15(14)24-19(16)21-17/h5-8,11,17,21H,3-4,9-10H2,1-2H3,(H,20,22). The van der Waals surface area contributed by atoms with Crippen molar-refractivity contribution in [3.63, 3.8) is 0 Å². The van der Waals surface area contributed by atoms with Crippen LogP contribution in [0.25, 0.3) is 0 Å². The molecule has 4 rings (SSSR count). The van der Waals surface area contributed by atoms with Gasteiger partial charge in [0.05, 0.1) is 12.2 Å². The number of anilines is 1. The van der Waals surface area contributed by atoms with Crippen LogP contribution in [-0.2, 0) is 12.8 Å². The van der Waals surface area contributed by atoms with Gasteiger partial charge in [-0.05, 0) is 55.4 Å². The molecule has 0 spiro atoms. The van der Waals surface area contributed by atoms with Gasteiger partial charge >= 0.3 is 0 Å². The molecule has 0 radical (unpaired) electrons. The van der Waals surface area contributed by atoms with Crippen LogP contribution in [0.4, 0.5) is 5.00 Å². The second-order valence-electron chi connectivity index (χ2n) is 6.61. The highest BCUT2D eigenvalue weighted by Crippen LogP contribution is 2.42. The van der Waals surface area contributed by atoms with Gasteiger partial charge in [0, 0.05) is 4.88 Å². The van der Waals surface area contributed by atoms with E-state index in [4.69, 9.17) is 4.74 Å². The number of nitrogens with one attached hydrogen (secondary N) is 2. The topological polar surface area (TPSA) is 50.4 Å². The van der Waals surface area contributed by atoms with Crippen molar-refractivity contribution in [2.24, 2.45) is 5.92 Å². The first-order valence-electron chi connectivity index (χ1n) is 8.60. The van der Waals surface area contributed by atoms with E-state index in [2.05, 4.69) is 17.6 Å². The number of rotatable bonds is 3. The lowest BCUT2D eigenvalue weighted by Gasteiger charge is -2.27. The zero-order valence-corrected chi connectivity index (χ0v) is 14.8. The lowest BCUT2D eigenvalue weighted by Crippen LogP contribution is -2.38. The Hall–Kier alpha value is -2.01. The number of benzene rings is 1. The third-order valence-corrected chi connectivity index (χ3v) is 6.00. The largest absolute Gasteiger partial charge is 0.494 e. The Morgan fingerprint density at radius 2 is 2.04 bits per heavy atom. The number of hydrogen-bond donors (Lipinski definition) is 2. The monoisotopic (exact) mass is 342 g/mol. The normalized spacial score (nSPS) is 22.2. The summed E-state index contributed by atoms with van der Waals surface area (Å²) in [4.78, 5) is 14.1. The average molecular weight is 342 g/mol. The minimum Gasteiger partial charge on any atom is -0.494 e. The first-order chi connectivity index (χ1) is 11.7. The quantitative estimate of drug-likeness (QED) is 0.882.